The van der Waals surface area contributed by atoms with Crippen LogP contribution in [0, 0.1) is 6.92 Å². The van der Waals surface area contributed by atoms with Crippen molar-refractivity contribution in [1.29, 1.82) is 0 Å². The van der Waals surface area contributed by atoms with Crippen molar-refractivity contribution < 1.29 is 9.21 Å². The molecule has 1 aliphatic carbocycles. The number of likely N-dealkylation sites (N-methyl/N-ethyl adjacent to an activating group) is 1. The summed E-state index contributed by atoms with van der Waals surface area (Å²) in [6, 6.07) is 22.9. The van der Waals surface area contributed by atoms with Gasteiger partial charge in [-0.2, -0.15) is 0 Å². The Labute approximate surface area is 191 Å². The molecule has 0 aliphatic heterocycles. The largest absolute Gasteiger partial charge is 0.456 e. The highest BCUT2D eigenvalue weighted by Gasteiger charge is 2.37. The van der Waals surface area contributed by atoms with E-state index in [1.807, 2.05) is 24.3 Å². The smallest absolute Gasteiger partial charge is 0.287 e. The molecule has 1 heterocycles. The van der Waals surface area contributed by atoms with Crippen LogP contribution in [0.15, 0.2) is 71.1 Å². The van der Waals surface area contributed by atoms with Crippen LogP contribution in [0.4, 0.5) is 0 Å². The third kappa shape index (κ3) is 5.31. The summed E-state index contributed by atoms with van der Waals surface area (Å²) in [4.78, 5) is 15.2. The number of nitrogens with one attached hydrogen (secondary N) is 1. The number of hydrogen-bond acceptors (Lipinski definition) is 3. The van der Waals surface area contributed by atoms with E-state index in [-0.39, 0.29) is 17.5 Å². The minimum atomic E-state index is -0.106. The van der Waals surface area contributed by atoms with Crippen LogP contribution in [0.3, 0.4) is 0 Å². The van der Waals surface area contributed by atoms with Crippen LogP contribution in [0.2, 0.25) is 0 Å². The zero-order valence-corrected chi connectivity index (χ0v) is 19.4. The van der Waals surface area contributed by atoms with Gasteiger partial charge < -0.3 is 14.6 Å². The molecule has 1 aromatic heterocycles. The van der Waals surface area contributed by atoms with Gasteiger partial charge in [-0.3, -0.25) is 4.79 Å². The molecule has 1 aliphatic rings. The molecule has 0 radical (unpaired) electrons. The van der Waals surface area contributed by atoms with E-state index < -0.39 is 0 Å². The van der Waals surface area contributed by atoms with Gasteiger partial charge in [-0.1, -0.05) is 60.2 Å². The van der Waals surface area contributed by atoms with Crippen molar-refractivity contribution in [1.82, 2.24) is 10.2 Å². The molecule has 4 rings (SSSR count). The fraction of sp³-hybridized carbons (Fsp3) is 0.393. The van der Waals surface area contributed by atoms with Crippen LogP contribution < -0.4 is 5.32 Å². The van der Waals surface area contributed by atoms with Crippen LogP contribution in [0.5, 0.6) is 0 Å². The van der Waals surface area contributed by atoms with Gasteiger partial charge >= 0.3 is 0 Å². The number of amides is 1. The zero-order chi connectivity index (χ0) is 22.6. The van der Waals surface area contributed by atoms with Crippen LogP contribution in [-0.4, -0.2) is 36.5 Å². The molecular weight excluding hydrogens is 396 g/mol. The van der Waals surface area contributed by atoms with Gasteiger partial charge in [0.1, 0.15) is 5.76 Å². The molecule has 2 aromatic carbocycles. The van der Waals surface area contributed by atoms with E-state index in [4.69, 9.17) is 4.42 Å². The third-order valence-electron chi connectivity index (χ3n) is 6.92. The number of carbonyl (C=O) groups is 1. The van der Waals surface area contributed by atoms with Crippen molar-refractivity contribution in [3.63, 3.8) is 0 Å². The maximum absolute atomic E-state index is 12.8. The molecule has 4 heteroatoms. The lowest BCUT2D eigenvalue weighted by Gasteiger charge is -2.45. The highest BCUT2D eigenvalue weighted by Crippen LogP contribution is 2.35. The summed E-state index contributed by atoms with van der Waals surface area (Å²) in [6.45, 7) is 2.15. The van der Waals surface area contributed by atoms with Gasteiger partial charge in [0.2, 0.25) is 0 Å². The van der Waals surface area contributed by atoms with Gasteiger partial charge in [-0.25, -0.2) is 0 Å². The monoisotopic (exact) mass is 430 g/mol. The number of aryl methyl sites for hydroxylation is 1. The first-order chi connectivity index (χ1) is 15.4. The Morgan fingerprint density at radius 2 is 1.72 bits per heavy atom. The van der Waals surface area contributed by atoms with Crippen molar-refractivity contribution in [2.45, 2.75) is 57.0 Å². The minimum Gasteiger partial charge on any atom is -0.456 e. The standard InChI is InChI=1S/C28H34N2O2/c1-21-8-7-11-23(18-21)20-28(30(2)3)16-14-24(15-17-28)29-27(31)26-13-12-25(32-26)19-22-9-5-4-6-10-22/h4-13,18,24H,14-17,19-20H2,1-3H3,(H,29,31). The summed E-state index contributed by atoms with van der Waals surface area (Å²) in [5.74, 6) is 1.11. The van der Waals surface area contributed by atoms with E-state index in [1.165, 1.54) is 16.7 Å². The van der Waals surface area contributed by atoms with Crippen LogP contribution in [-0.2, 0) is 12.8 Å². The van der Waals surface area contributed by atoms with Gasteiger partial charge in [-0.05, 0) is 76.4 Å². The Morgan fingerprint density at radius 3 is 2.41 bits per heavy atom. The van der Waals surface area contributed by atoms with Crippen LogP contribution >= 0.6 is 0 Å². The summed E-state index contributed by atoms with van der Waals surface area (Å²) in [7, 11) is 4.37. The zero-order valence-electron chi connectivity index (χ0n) is 19.4. The van der Waals surface area contributed by atoms with Crippen LogP contribution in [0.1, 0.15) is 58.7 Å². The maximum atomic E-state index is 12.8. The third-order valence-corrected chi connectivity index (χ3v) is 6.92. The minimum absolute atomic E-state index is 0.106. The average molecular weight is 431 g/mol. The quantitative estimate of drug-likeness (QED) is 0.546. The molecule has 3 aromatic rings. The van der Waals surface area contributed by atoms with Crippen molar-refractivity contribution >= 4 is 5.91 Å². The lowest BCUT2D eigenvalue weighted by Crippen LogP contribution is -2.52. The molecule has 1 fully saturated rings. The van der Waals surface area contributed by atoms with Crippen LogP contribution in [0.25, 0.3) is 0 Å². The van der Waals surface area contributed by atoms with Crippen molar-refractivity contribution in [3.05, 3.63) is 94.9 Å². The Balaban J connectivity index is 1.34. The molecule has 1 amide bonds. The van der Waals surface area contributed by atoms with Crippen molar-refractivity contribution in [3.8, 4) is 0 Å². The second-order valence-electron chi connectivity index (χ2n) is 9.46. The second kappa shape index (κ2) is 9.74. The lowest BCUT2D eigenvalue weighted by atomic mass is 9.74. The molecule has 1 N–H and O–H groups in total. The SMILES string of the molecule is Cc1cccc(CC2(N(C)C)CCC(NC(=O)c3ccc(Cc4ccccc4)o3)CC2)c1. The van der Waals surface area contributed by atoms with E-state index in [9.17, 15) is 4.79 Å². The molecule has 0 atom stereocenters. The predicted molar refractivity (Wildman–Crippen MR) is 129 cm³/mol. The molecule has 1 saturated carbocycles. The van der Waals surface area contributed by atoms with E-state index in [2.05, 4.69) is 67.6 Å². The first-order valence-corrected chi connectivity index (χ1v) is 11.6. The van der Waals surface area contributed by atoms with Crippen molar-refractivity contribution in [2.75, 3.05) is 14.1 Å². The first-order valence-electron chi connectivity index (χ1n) is 11.6. The molecule has 4 nitrogen and oxygen atoms in total. The first kappa shape index (κ1) is 22.3. The molecule has 0 bridgehead atoms. The van der Waals surface area contributed by atoms with Gasteiger partial charge in [0.05, 0.1) is 0 Å². The highest BCUT2D eigenvalue weighted by atomic mass is 16.3. The number of benzene rings is 2. The average Bonchev–Trinajstić information content (AvgIpc) is 3.24. The fourth-order valence-electron chi connectivity index (χ4n) is 4.93. The number of carbonyl (C=O) groups excluding carboxylic acids is 1. The summed E-state index contributed by atoms with van der Waals surface area (Å²) in [5, 5.41) is 3.21. The van der Waals surface area contributed by atoms with Gasteiger partial charge in [0.25, 0.3) is 5.91 Å². The number of rotatable bonds is 7. The number of hydrogen-bond donors (Lipinski definition) is 1. The molecule has 32 heavy (non-hydrogen) atoms. The normalized spacial score (nSPS) is 20.9. The van der Waals surface area contributed by atoms with E-state index in [0.717, 1.165) is 37.9 Å². The summed E-state index contributed by atoms with van der Waals surface area (Å²) in [5.41, 5.74) is 4.02. The topological polar surface area (TPSA) is 45.5 Å². The van der Waals surface area contributed by atoms with E-state index in [1.54, 1.807) is 6.07 Å². The lowest BCUT2D eigenvalue weighted by molar-refractivity contribution is 0.0753. The van der Waals surface area contributed by atoms with Gasteiger partial charge in [-0.15, -0.1) is 0 Å². The Bertz CT molecular complexity index is 1030. The highest BCUT2D eigenvalue weighted by molar-refractivity contribution is 5.91. The number of furan rings is 1. The molecular formula is C28H34N2O2. The van der Waals surface area contributed by atoms with E-state index >= 15 is 0 Å². The maximum Gasteiger partial charge on any atom is 0.287 e. The Morgan fingerprint density at radius 1 is 1.00 bits per heavy atom. The van der Waals surface area contributed by atoms with Gasteiger partial charge in [0, 0.05) is 18.0 Å². The summed E-state index contributed by atoms with van der Waals surface area (Å²) in [6.07, 6.45) is 5.83. The molecule has 0 spiro atoms. The second-order valence-corrected chi connectivity index (χ2v) is 9.46. The number of nitrogens with zero attached hydrogens (tertiary/aromatic N) is 1. The summed E-state index contributed by atoms with van der Waals surface area (Å²) >= 11 is 0. The van der Waals surface area contributed by atoms with Crippen molar-refractivity contribution in [2.24, 2.45) is 0 Å². The Hall–Kier alpha value is -2.85. The Kier molecular flexibility index (Phi) is 6.80. The molecule has 168 valence electrons. The molecule has 0 unspecified atom stereocenters. The predicted octanol–water partition coefficient (Wildman–Crippen LogP) is 5.39. The van der Waals surface area contributed by atoms with E-state index in [0.29, 0.717) is 12.2 Å². The van der Waals surface area contributed by atoms with Gasteiger partial charge in [0.15, 0.2) is 5.76 Å². The molecule has 0 saturated heterocycles. The summed E-state index contributed by atoms with van der Waals surface area (Å²) < 4.78 is 5.84. The fourth-order valence-corrected chi connectivity index (χ4v) is 4.93.